The Bertz CT molecular complexity index is 167. The van der Waals surface area contributed by atoms with Gasteiger partial charge in [-0.05, 0) is 0 Å². The highest BCUT2D eigenvalue weighted by atomic mass is 16.5. The van der Waals surface area contributed by atoms with Crippen molar-refractivity contribution in [3.8, 4) is 0 Å². The number of nitrogens with zero attached hydrogens (tertiary/aromatic N) is 1. The zero-order chi connectivity index (χ0) is 8.69. The molecule has 5 nitrogen and oxygen atoms in total. The van der Waals surface area contributed by atoms with Crippen LogP contribution in [0.15, 0.2) is 12.7 Å². The number of hydrogen-bond acceptors (Lipinski definition) is 3. The van der Waals surface area contributed by atoms with E-state index in [0.29, 0.717) is 0 Å². The van der Waals surface area contributed by atoms with E-state index in [9.17, 15) is 9.59 Å². The Kier molecular flexibility index (Phi) is 4.55. The van der Waals surface area contributed by atoms with Gasteiger partial charge in [-0.25, -0.2) is 10.1 Å². The van der Waals surface area contributed by atoms with E-state index in [2.05, 4.69) is 16.6 Å². The second kappa shape index (κ2) is 5.28. The van der Waals surface area contributed by atoms with Gasteiger partial charge in [-0.2, -0.15) is 0 Å². The van der Waals surface area contributed by atoms with Crippen molar-refractivity contribution in [2.24, 2.45) is 5.73 Å². The van der Waals surface area contributed by atoms with Crippen molar-refractivity contribution >= 4 is 12.0 Å². The van der Waals surface area contributed by atoms with Gasteiger partial charge in [0.15, 0.2) is 0 Å². The van der Waals surface area contributed by atoms with Gasteiger partial charge in [0.2, 0.25) is 5.91 Å². The molecule has 0 aliphatic heterocycles. The molecule has 5 heteroatoms. The summed E-state index contributed by atoms with van der Waals surface area (Å²) in [4.78, 5) is 20.5. The summed E-state index contributed by atoms with van der Waals surface area (Å²) in [6, 6.07) is 0. The van der Waals surface area contributed by atoms with Gasteiger partial charge in [0.05, 0.1) is 0 Å². The van der Waals surface area contributed by atoms with E-state index in [1.165, 1.54) is 6.08 Å². The monoisotopic (exact) mass is 157 g/mol. The second-order valence-corrected chi connectivity index (χ2v) is 1.65. The minimum Gasteiger partial charge on any atom is -0.444 e. The smallest absolute Gasteiger partial charge is 0.429 e. The summed E-state index contributed by atoms with van der Waals surface area (Å²) in [7, 11) is 0. The van der Waals surface area contributed by atoms with Gasteiger partial charge in [-0.1, -0.05) is 12.7 Å². The first kappa shape index (κ1) is 9.48. The molecule has 11 heavy (non-hydrogen) atoms. The quantitative estimate of drug-likeness (QED) is 0.553. The Balaban J connectivity index is 3.37. The van der Waals surface area contributed by atoms with Crippen molar-refractivity contribution in [1.29, 1.82) is 0 Å². The van der Waals surface area contributed by atoms with Gasteiger partial charge in [0.25, 0.3) is 0 Å². The molecule has 0 aliphatic carbocycles. The van der Waals surface area contributed by atoms with Crippen LogP contribution in [0.5, 0.6) is 0 Å². The molecular formula is C6H9N2O3. The fraction of sp³-hybridized carbons (Fsp3) is 0.333. The van der Waals surface area contributed by atoms with Gasteiger partial charge in [0.1, 0.15) is 13.2 Å². The lowest BCUT2D eigenvalue weighted by Crippen LogP contribution is -2.28. The maximum absolute atomic E-state index is 10.5. The van der Waals surface area contributed by atoms with Crippen molar-refractivity contribution in [2.75, 3.05) is 13.2 Å². The molecular weight excluding hydrogens is 148 g/mol. The molecule has 0 rings (SSSR count). The minimum absolute atomic E-state index is 0.0844. The third-order valence-corrected chi connectivity index (χ3v) is 0.689. The van der Waals surface area contributed by atoms with E-state index >= 15 is 0 Å². The number of amides is 2. The lowest BCUT2D eigenvalue weighted by molar-refractivity contribution is -0.117. The summed E-state index contributed by atoms with van der Waals surface area (Å²) in [5.74, 6) is -0.666. The Labute approximate surface area is 64.2 Å². The number of primary amides is 1. The molecule has 61 valence electrons. The van der Waals surface area contributed by atoms with Gasteiger partial charge >= 0.3 is 6.09 Å². The molecule has 0 aromatic rings. The average Bonchev–Trinajstić information content (AvgIpc) is 1.97. The number of ether oxygens (including phenoxy) is 1. The first-order valence-electron chi connectivity index (χ1n) is 2.90. The van der Waals surface area contributed by atoms with Crippen LogP contribution in [0.3, 0.4) is 0 Å². The van der Waals surface area contributed by atoms with Crippen LogP contribution in [-0.4, -0.2) is 25.2 Å². The highest BCUT2D eigenvalue weighted by Gasteiger charge is 2.03. The third-order valence-electron chi connectivity index (χ3n) is 0.689. The van der Waals surface area contributed by atoms with Crippen LogP contribution in [-0.2, 0) is 9.53 Å². The number of carbonyl (C=O) groups is 2. The Morgan fingerprint density at radius 2 is 2.27 bits per heavy atom. The van der Waals surface area contributed by atoms with Crippen molar-refractivity contribution < 1.29 is 14.3 Å². The van der Waals surface area contributed by atoms with Gasteiger partial charge < -0.3 is 10.5 Å². The highest BCUT2D eigenvalue weighted by molar-refractivity contribution is 5.80. The molecule has 0 spiro atoms. The van der Waals surface area contributed by atoms with Crippen LogP contribution >= 0.6 is 0 Å². The SMILES string of the molecule is C=CCOC(=O)[N]CC(N)=O. The molecule has 0 saturated carbocycles. The van der Waals surface area contributed by atoms with E-state index in [4.69, 9.17) is 5.73 Å². The number of nitrogens with two attached hydrogens (primary N) is 1. The first-order valence-corrected chi connectivity index (χ1v) is 2.90. The minimum atomic E-state index is -0.802. The normalized spacial score (nSPS) is 8.36. The number of rotatable bonds is 4. The van der Waals surface area contributed by atoms with Gasteiger partial charge in [-0.3, -0.25) is 4.79 Å². The topological polar surface area (TPSA) is 83.5 Å². The van der Waals surface area contributed by atoms with Crippen molar-refractivity contribution in [3.63, 3.8) is 0 Å². The van der Waals surface area contributed by atoms with Crippen LogP contribution in [0.4, 0.5) is 4.79 Å². The number of hydrogen-bond donors (Lipinski definition) is 1. The molecule has 0 atom stereocenters. The summed E-state index contributed by atoms with van der Waals surface area (Å²) in [6.07, 6.45) is 0.598. The van der Waals surface area contributed by atoms with Crippen LogP contribution in [0.1, 0.15) is 0 Å². The predicted octanol–water partition coefficient (Wildman–Crippen LogP) is -0.601. The van der Waals surface area contributed by atoms with E-state index in [-0.39, 0.29) is 13.2 Å². The molecule has 0 unspecified atom stereocenters. The Morgan fingerprint density at radius 3 is 2.73 bits per heavy atom. The molecule has 0 bridgehead atoms. The van der Waals surface area contributed by atoms with Gasteiger partial charge in [-0.15, -0.1) is 0 Å². The Morgan fingerprint density at radius 1 is 1.64 bits per heavy atom. The molecule has 0 aromatic heterocycles. The molecule has 2 N–H and O–H groups in total. The lowest BCUT2D eigenvalue weighted by atomic mass is 10.6. The van der Waals surface area contributed by atoms with Crippen molar-refractivity contribution in [2.45, 2.75) is 0 Å². The van der Waals surface area contributed by atoms with Crippen LogP contribution < -0.4 is 11.1 Å². The molecule has 2 amide bonds. The van der Waals surface area contributed by atoms with Crippen LogP contribution in [0, 0.1) is 0 Å². The first-order chi connectivity index (χ1) is 5.16. The third kappa shape index (κ3) is 6.36. The molecule has 0 fully saturated rings. The summed E-state index contributed by atoms with van der Waals surface area (Å²) >= 11 is 0. The molecule has 0 saturated heterocycles. The summed E-state index contributed by atoms with van der Waals surface area (Å²) in [6.45, 7) is 3.06. The largest absolute Gasteiger partial charge is 0.444 e. The molecule has 0 aromatic carbocycles. The van der Waals surface area contributed by atoms with E-state index in [0.717, 1.165) is 0 Å². The maximum atomic E-state index is 10.5. The maximum Gasteiger partial charge on any atom is 0.429 e. The lowest BCUT2D eigenvalue weighted by Gasteiger charge is -1.98. The van der Waals surface area contributed by atoms with E-state index in [1.54, 1.807) is 0 Å². The molecule has 1 radical (unpaired) electrons. The summed E-state index contributed by atoms with van der Waals surface area (Å²) < 4.78 is 4.41. The zero-order valence-corrected chi connectivity index (χ0v) is 5.95. The zero-order valence-electron chi connectivity index (χ0n) is 5.95. The van der Waals surface area contributed by atoms with E-state index in [1.807, 2.05) is 0 Å². The van der Waals surface area contributed by atoms with Crippen LogP contribution in [0.25, 0.3) is 0 Å². The molecule has 0 heterocycles. The van der Waals surface area contributed by atoms with Crippen molar-refractivity contribution in [3.05, 3.63) is 12.7 Å². The highest BCUT2D eigenvalue weighted by Crippen LogP contribution is 1.78. The standard InChI is InChI=1S/C6H9N2O3/c1-2-3-11-6(10)8-4-5(7)9/h2H,1,3-4H2,(H2,7,9). The average molecular weight is 157 g/mol. The Hall–Kier alpha value is -1.52. The van der Waals surface area contributed by atoms with Crippen LogP contribution in [0.2, 0.25) is 0 Å². The molecule has 0 aliphatic rings. The second-order valence-electron chi connectivity index (χ2n) is 1.65. The summed E-state index contributed by atoms with van der Waals surface area (Å²) in [5.41, 5.74) is 4.71. The number of carbonyl (C=O) groups excluding carboxylic acids is 2. The fourth-order valence-corrected chi connectivity index (χ4v) is 0.318. The summed E-state index contributed by atoms with van der Waals surface area (Å²) in [5, 5.41) is 3.18. The van der Waals surface area contributed by atoms with Crippen molar-refractivity contribution in [1.82, 2.24) is 5.32 Å². The van der Waals surface area contributed by atoms with Gasteiger partial charge in [0, 0.05) is 0 Å². The predicted molar refractivity (Wildman–Crippen MR) is 37.7 cm³/mol. The van der Waals surface area contributed by atoms with E-state index < -0.39 is 12.0 Å². The fourth-order valence-electron chi connectivity index (χ4n) is 0.318.